The van der Waals surface area contributed by atoms with Crippen LogP contribution in [-0.2, 0) is 16.6 Å². The number of aromatic nitrogens is 1. The van der Waals surface area contributed by atoms with E-state index in [0.29, 0.717) is 6.54 Å². The van der Waals surface area contributed by atoms with Gasteiger partial charge in [-0.25, -0.2) is 4.83 Å². The Morgan fingerprint density at radius 3 is 2.71 bits per heavy atom. The van der Waals surface area contributed by atoms with Crippen molar-refractivity contribution >= 4 is 16.2 Å². The summed E-state index contributed by atoms with van der Waals surface area (Å²) in [5.74, 6) is 2.51. The van der Waals surface area contributed by atoms with Gasteiger partial charge in [-0.1, -0.05) is 23.6 Å². The quantitative estimate of drug-likeness (QED) is 0.519. The van der Waals surface area contributed by atoms with Crippen molar-refractivity contribution in [2.24, 2.45) is 5.10 Å². The Morgan fingerprint density at radius 1 is 1.33 bits per heavy atom. The third kappa shape index (κ3) is 3.74. The third-order valence-corrected chi connectivity index (χ3v) is 4.07. The summed E-state index contributed by atoms with van der Waals surface area (Å²) in [6, 6.07) is 10.1. The van der Waals surface area contributed by atoms with Gasteiger partial charge in [0.2, 0.25) is 0 Å². The number of nitrogens with one attached hydrogen (secondary N) is 1. The van der Waals surface area contributed by atoms with Crippen molar-refractivity contribution < 1.29 is 8.42 Å². The van der Waals surface area contributed by atoms with Gasteiger partial charge >= 0.3 is 0 Å². The Kier molecular flexibility index (Phi) is 4.45. The van der Waals surface area contributed by atoms with E-state index in [1.165, 1.54) is 18.3 Å². The van der Waals surface area contributed by atoms with Crippen LogP contribution in [0.15, 0.2) is 52.6 Å². The SMILES string of the molecule is C#CCn1cccc1/C=N/NS(=O)(=O)c1ccc(C)cc1. The number of aryl methyl sites for hydroxylation is 1. The van der Waals surface area contributed by atoms with Crippen LogP contribution < -0.4 is 4.83 Å². The number of hydrazone groups is 1. The molecule has 108 valence electrons. The monoisotopic (exact) mass is 301 g/mol. The van der Waals surface area contributed by atoms with E-state index in [0.717, 1.165) is 11.3 Å². The van der Waals surface area contributed by atoms with Crippen LogP contribution in [0.5, 0.6) is 0 Å². The summed E-state index contributed by atoms with van der Waals surface area (Å²) in [5.41, 5.74) is 1.71. The van der Waals surface area contributed by atoms with E-state index in [2.05, 4.69) is 15.9 Å². The number of sulfonamides is 1. The number of benzene rings is 1. The van der Waals surface area contributed by atoms with E-state index < -0.39 is 10.0 Å². The predicted octanol–water partition coefficient (Wildman–Crippen LogP) is 1.74. The van der Waals surface area contributed by atoms with E-state index in [1.54, 1.807) is 29.0 Å². The highest BCUT2D eigenvalue weighted by atomic mass is 32.2. The van der Waals surface area contributed by atoms with Gasteiger partial charge in [0, 0.05) is 6.20 Å². The van der Waals surface area contributed by atoms with E-state index >= 15 is 0 Å². The lowest BCUT2D eigenvalue weighted by molar-refractivity contribution is 0.584. The van der Waals surface area contributed by atoms with Gasteiger partial charge in [-0.2, -0.15) is 13.5 Å². The zero-order valence-corrected chi connectivity index (χ0v) is 12.3. The Hall–Kier alpha value is -2.52. The van der Waals surface area contributed by atoms with Crippen molar-refractivity contribution in [2.45, 2.75) is 18.4 Å². The zero-order valence-electron chi connectivity index (χ0n) is 11.5. The Bertz CT molecular complexity index is 781. The molecule has 1 heterocycles. The van der Waals surface area contributed by atoms with E-state index in [9.17, 15) is 8.42 Å². The van der Waals surface area contributed by atoms with Crippen LogP contribution >= 0.6 is 0 Å². The fourth-order valence-corrected chi connectivity index (χ4v) is 2.51. The maximum absolute atomic E-state index is 12.0. The molecule has 0 saturated heterocycles. The van der Waals surface area contributed by atoms with Crippen LogP contribution in [0.3, 0.4) is 0 Å². The Morgan fingerprint density at radius 2 is 2.05 bits per heavy atom. The summed E-state index contributed by atoms with van der Waals surface area (Å²) in [6.45, 7) is 2.29. The number of hydrogen-bond donors (Lipinski definition) is 1. The van der Waals surface area contributed by atoms with Crippen molar-refractivity contribution in [1.29, 1.82) is 0 Å². The highest BCUT2D eigenvalue weighted by Crippen LogP contribution is 2.09. The maximum atomic E-state index is 12.0. The van der Waals surface area contributed by atoms with Crippen LogP contribution in [0.1, 0.15) is 11.3 Å². The fraction of sp³-hybridized carbons (Fsp3) is 0.133. The van der Waals surface area contributed by atoms with Crippen LogP contribution in [0.2, 0.25) is 0 Å². The lowest BCUT2D eigenvalue weighted by atomic mass is 10.2. The molecule has 0 fully saturated rings. The smallest absolute Gasteiger partial charge is 0.276 e. The second-order valence-electron chi connectivity index (χ2n) is 4.43. The molecule has 5 nitrogen and oxygen atoms in total. The lowest BCUT2D eigenvalue weighted by Crippen LogP contribution is -2.18. The average Bonchev–Trinajstić information content (AvgIpc) is 2.87. The van der Waals surface area contributed by atoms with Crippen molar-refractivity contribution in [2.75, 3.05) is 0 Å². The number of rotatable bonds is 5. The third-order valence-electron chi connectivity index (χ3n) is 2.83. The minimum absolute atomic E-state index is 0.171. The average molecular weight is 301 g/mol. The van der Waals surface area contributed by atoms with Crippen molar-refractivity contribution in [3.63, 3.8) is 0 Å². The first kappa shape index (κ1) is 14.9. The van der Waals surface area contributed by atoms with E-state index in [-0.39, 0.29) is 4.90 Å². The zero-order chi connectivity index (χ0) is 15.3. The minimum atomic E-state index is -3.65. The van der Waals surface area contributed by atoms with Gasteiger partial charge in [-0.15, -0.1) is 6.42 Å². The molecule has 0 saturated carbocycles. The molecule has 0 spiro atoms. The second kappa shape index (κ2) is 6.29. The van der Waals surface area contributed by atoms with Crippen molar-refractivity contribution in [3.8, 4) is 12.3 Å². The molecule has 2 rings (SSSR count). The normalized spacial score (nSPS) is 11.4. The predicted molar refractivity (Wildman–Crippen MR) is 82.4 cm³/mol. The molecule has 21 heavy (non-hydrogen) atoms. The first-order valence-corrected chi connectivity index (χ1v) is 7.71. The molecule has 0 aliphatic carbocycles. The molecule has 6 heteroatoms. The van der Waals surface area contributed by atoms with E-state index in [4.69, 9.17) is 6.42 Å². The molecule has 0 unspecified atom stereocenters. The second-order valence-corrected chi connectivity index (χ2v) is 6.09. The van der Waals surface area contributed by atoms with Gasteiger partial charge in [0.05, 0.1) is 23.3 Å². The molecule has 1 N–H and O–H groups in total. The molecule has 0 bridgehead atoms. The lowest BCUT2D eigenvalue weighted by Gasteiger charge is -2.04. The standard InChI is InChI=1S/C15H15N3O2S/c1-3-10-18-11-4-5-14(18)12-16-17-21(19,20)15-8-6-13(2)7-9-15/h1,4-9,11-12,17H,10H2,2H3/b16-12+. The van der Waals surface area contributed by atoms with Crippen LogP contribution in [0.25, 0.3) is 0 Å². The summed E-state index contributed by atoms with van der Waals surface area (Å²) < 4.78 is 25.8. The van der Waals surface area contributed by atoms with Crippen LogP contribution in [-0.4, -0.2) is 19.2 Å². The molecule has 0 aliphatic rings. The summed E-state index contributed by atoms with van der Waals surface area (Å²) in [7, 11) is -3.65. The van der Waals surface area contributed by atoms with Gasteiger partial charge in [0.1, 0.15) is 0 Å². The molecular weight excluding hydrogens is 286 g/mol. The molecule has 0 radical (unpaired) electrons. The van der Waals surface area contributed by atoms with Crippen molar-refractivity contribution in [3.05, 3.63) is 53.9 Å². The molecule has 0 aliphatic heterocycles. The summed E-state index contributed by atoms with van der Waals surface area (Å²) in [6.07, 6.45) is 8.47. The summed E-state index contributed by atoms with van der Waals surface area (Å²) in [4.78, 5) is 2.35. The highest BCUT2D eigenvalue weighted by molar-refractivity contribution is 7.89. The molecule has 2 aromatic rings. The minimum Gasteiger partial charge on any atom is -0.335 e. The number of hydrogen-bond acceptors (Lipinski definition) is 3. The van der Waals surface area contributed by atoms with Crippen LogP contribution in [0.4, 0.5) is 0 Å². The topological polar surface area (TPSA) is 63.5 Å². The molecule has 0 amide bonds. The number of terminal acetylenes is 1. The van der Waals surface area contributed by atoms with E-state index in [1.807, 2.05) is 13.0 Å². The van der Waals surface area contributed by atoms with Gasteiger partial charge in [-0.3, -0.25) is 0 Å². The first-order valence-electron chi connectivity index (χ1n) is 6.23. The fourth-order valence-electron chi connectivity index (χ4n) is 1.72. The highest BCUT2D eigenvalue weighted by Gasteiger charge is 2.11. The van der Waals surface area contributed by atoms with Crippen molar-refractivity contribution in [1.82, 2.24) is 9.40 Å². The molecular formula is C15H15N3O2S. The molecule has 0 atom stereocenters. The van der Waals surface area contributed by atoms with Crippen LogP contribution in [0, 0.1) is 19.3 Å². The maximum Gasteiger partial charge on any atom is 0.276 e. The molecule has 1 aromatic carbocycles. The van der Waals surface area contributed by atoms with Gasteiger partial charge < -0.3 is 4.57 Å². The summed E-state index contributed by atoms with van der Waals surface area (Å²) in [5, 5.41) is 3.77. The Labute approximate surface area is 124 Å². The molecule has 1 aromatic heterocycles. The number of nitrogens with zero attached hydrogens (tertiary/aromatic N) is 2. The largest absolute Gasteiger partial charge is 0.335 e. The summed E-state index contributed by atoms with van der Waals surface area (Å²) >= 11 is 0. The Balaban J connectivity index is 2.11. The first-order chi connectivity index (χ1) is 10.0. The van der Waals surface area contributed by atoms with Gasteiger partial charge in [0.15, 0.2) is 0 Å². The van der Waals surface area contributed by atoms with Gasteiger partial charge in [-0.05, 0) is 31.2 Å². The van der Waals surface area contributed by atoms with Gasteiger partial charge in [0.25, 0.3) is 10.0 Å².